The summed E-state index contributed by atoms with van der Waals surface area (Å²) in [6.45, 7) is 3.72. The molecule has 1 aromatic carbocycles. The maximum absolute atomic E-state index is 11.4. The molecule has 154 valence electrons. The highest BCUT2D eigenvalue weighted by Crippen LogP contribution is 2.34. The molecule has 0 unspecified atom stereocenters. The second kappa shape index (κ2) is 7.95. The van der Waals surface area contributed by atoms with Gasteiger partial charge in [0.05, 0.1) is 12.2 Å². The van der Waals surface area contributed by atoms with E-state index in [0.717, 1.165) is 47.3 Å². The van der Waals surface area contributed by atoms with Gasteiger partial charge in [-0.25, -0.2) is 9.78 Å². The zero-order chi connectivity index (χ0) is 19.8. The lowest BCUT2D eigenvalue weighted by molar-refractivity contribution is 0.00893. The van der Waals surface area contributed by atoms with E-state index < -0.39 is 0 Å². The van der Waals surface area contributed by atoms with Crippen LogP contribution in [0.1, 0.15) is 42.7 Å². The van der Waals surface area contributed by atoms with Crippen molar-refractivity contribution in [1.29, 1.82) is 0 Å². The van der Waals surface area contributed by atoms with Crippen LogP contribution in [0.4, 0.5) is 4.79 Å². The molecular formula is C22H28N4O2S. The van der Waals surface area contributed by atoms with Gasteiger partial charge in [-0.1, -0.05) is 6.42 Å². The summed E-state index contributed by atoms with van der Waals surface area (Å²) in [4.78, 5) is 21.7. The average Bonchev–Trinajstić information content (AvgIpc) is 3.15. The zero-order valence-electron chi connectivity index (χ0n) is 16.7. The molecule has 3 heterocycles. The van der Waals surface area contributed by atoms with E-state index in [4.69, 9.17) is 15.5 Å². The molecule has 2 amide bonds. The van der Waals surface area contributed by atoms with Crippen LogP contribution in [0.5, 0.6) is 5.75 Å². The predicted molar refractivity (Wildman–Crippen MR) is 114 cm³/mol. The number of benzene rings is 1. The Kier molecular flexibility index (Phi) is 5.18. The Morgan fingerprint density at radius 1 is 1.10 bits per heavy atom. The third-order valence-electron chi connectivity index (χ3n) is 6.42. The molecular weight excluding hydrogens is 384 g/mol. The number of urea groups is 1. The number of nitrogens with two attached hydrogens (primary N) is 1. The standard InChI is InChI=1S/C22H28N4O2S/c23-22(27)26-11-8-20-19(14-26)24-21(29-20)15-4-6-17(7-5-15)28-18-12-16(13-18)25-9-2-1-3-10-25/h4-7,16,18H,1-3,8-14H2,(H2,23,27)/t16-,18-. The van der Waals surface area contributed by atoms with Crippen molar-refractivity contribution in [3.8, 4) is 16.3 Å². The van der Waals surface area contributed by atoms with Gasteiger partial charge in [-0.05, 0) is 50.2 Å². The first-order valence-electron chi connectivity index (χ1n) is 10.7. The van der Waals surface area contributed by atoms with Crippen LogP contribution in [0.2, 0.25) is 0 Å². The number of amides is 2. The highest BCUT2D eigenvalue weighted by molar-refractivity contribution is 7.15. The van der Waals surface area contributed by atoms with Crippen LogP contribution >= 0.6 is 11.3 Å². The van der Waals surface area contributed by atoms with Gasteiger partial charge in [0.1, 0.15) is 16.9 Å². The van der Waals surface area contributed by atoms with Crippen molar-refractivity contribution in [2.45, 2.75) is 57.2 Å². The number of carbonyl (C=O) groups excluding carboxylic acids is 1. The number of fused-ring (bicyclic) bond motifs is 1. The van der Waals surface area contributed by atoms with Crippen molar-refractivity contribution < 1.29 is 9.53 Å². The van der Waals surface area contributed by atoms with Crippen LogP contribution < -0.4 is 10.5 Å². The smallest absolute Gasteiger partial charge is 0.315 e. The number of rotatable bonds is 4. The summed E-state index contributed by atoms with van der Waals surface area (Å²) >= 11 is 1.72. The summed E-state index contributed by atoms with van der Waals surface area (Å²) < 4.78 is 6.18. The lowest BCUT2D eigenvalue weighted by atomic mass is 9.86. The minimum Gasteiger partial charge on any atom is -0.490 e. The molecule has 0 atom stereocenters. The fraction of sp³-hybridized carbons (Fsp3) is 0.545. The number of hydrogen-bond acceptors (Lipinski definition) is 5. The summed E-state index contributed by atoms with van der Waals surface area (Å²) in [5.41, 5.74) is 7.49. The Balaban J connectivity index is 1.18. The molecule has 0 bridgehead atoms. The average molecular weight is 413 g/mol. The number of ether oxygens (including phenoxy) is 1. The van der Waals surface area contributed by atoms with E-state index in [1.807, 2.05) is 0 Å². The molecule has 5 rings (SSSR count). The molecule has 0 spiro atoms. The summed E-state index contributed by atoms with van der Waals surface area (Å²) in [7, 11) is 0. The molecule has 6 nitrogen and oxygen atoms in total. The largest absolute Gasteiger partial charge is 0.490 e. The summed E-state index contributed by atoms with van der Waals surface area (Å²) in [5, 5.41) is 1.00. The minimum atomic E-state index is -0.370. The SMILES string of the molecule is NC(=O)N1CCc2sc(-c3ccc(O[C@H]4C[C@H](N5CCCCC5)C4)cc3)nc2C1. The third-order valence-corrected chi connectivity index (χ3v) is 7.63. The fourth-order valence-electron chi connectivity index (χ4n) is 4.59. The number of thiazole rings is 1. The highest BCUT2D eigenvalue weighted by atomic mass is 32.1. The van der Waals surface area contributed by atoms with Gasteiger partial charge in [0.2, 0.25) is 0 Å². The fourth-order valence-corrected chi connectivity index (χ4v) is 5.66. The second-order valence-corrected chi connectivity index (χ2v) is 9.47. The second-order valence-electron chi connectivity index (χ2n) is 8.38. The van der Waals surface area contributed by atoms with E-state index in [2.05, 4.69) is 29.2 Å². The van der Waals surface area contributed by atoms with Crippen molar-refractivity contribution in [2.75, 3.05) is 19.6 Å². The molecule has 2 fully saturated rings. The van der Waals surface area contributed by atoms with Gasteiger partial charge in [-0.3, -0.25) is 0 Å². The molecule has 7 heteroatoms. The number of hydrogen-bond donors (Lipinski definition) is 1. The van der Waals surface area contributed by atoms with Crippen LogP contribution in [0.3, 0.4) is 0 Å². The minimum absolute atomic E-state index is 0.347. The van der Waals surface area contributed by atoms with E-state index in [-0.39, 0.29) is 6.03 Å². The van der Waals surface area contributed by atoms with Gasteiger partial charge in [0.15, 0.2) is 0 Å². The van der Waals surface area contributed by atoms with Crippen molar-refractivity contribution in [1.82, 2.24) is 14.8 Å². The van der Waals surface area contributed by atoms with Crippen LogP contribution in [0.15, 0.2) is 24.3 Å². The van der Waals surface area contributed by atoms with Crippen molar-refractivity contribution >= 4 is 17.4 Å². The molecule has 1 saturated carbocycles. The van der Waals surface area contributed by atoms with Gasteiger partial charge < -0.3 is 20.3 Å². The van der Waals surface area contributed by atoms with Crippen LogP contribution in [-0.2, 0) is 13.0 Å². The molecule has 1 aliphatic carbocycles. The molecule has 1 aromatic heterocycles. The van der Waals surface area contributed by atoms with Crippen LogP contribution in [0.25, 0.3) is 10.6 Å². The Labute approximate surface area is 175 Å². The molecule has 3 aliphatic rings. The Bertz CT molecular complexity index is 869. The molecule has 29 heavy (non-hydrogen) atoms. The van der Waals surface area contributed by atoms with Gasteiger partial charge >= 0.3 is 6.03 Å². The maximum atomic E-state index is 11.4. The summed E-state index contributed by atoms with van der Waals surface area (Å²) in [6, 6.07) is 8.64. The van der Waals surface area contributed by atoms with E-state index in [1.54, 1.807) is 16.2 Å². The van der Waals surface area contributed by atoms with Gasteiger partial charge in [0.25, 0.3) is 0 Å². The van der Waals surface area contributed by atoms with Crippen LogP contribution in [0, 0.1) is 0 Å². The number of aromatic nitrogens is 1. The lowest BCUT2D eigenvalue weighted by Crippen LogP contribution is -2.50. The van der Waals surface area contributed by atoms with Crippen LogP contribution in [-0.4, -0.2) is 52.6 Å². The Morgan fingerprint density at radius 2 is 1.86 bits per heavy atom. The van der Waals surface area contributed by atoms with Gasteiger partial charge in [-0.2, -0.15) is 0 Å². The maximum Gasteiger partial charge on any atom is 0.315 e. The Morgan fingerprint density at radius 3 is 2.59 bits per heavy atom. The summed E-state index contributed by atoms with van der Waals surface area (Å²) in [5.74, 6) is 0.942. The first kappa shape index (κ1) is 18.9. The number of carbonyl (C=O) groups is 1. The van der Waals surface area contributed by atoms with E-state index >= 15 is 0 Å². The highest BCUT2D eigenvalue weighted by Gasteiger charge is 2.35. The van der Waals surface area contributed by atoms with E-state index in [1.165, 1.54) is 37.2 Å². The van der Waals surface area contributed by atoms with E-state index in [0.29, 0.717) is 19.2 Å². The van der Waals surface area contributed by atoms with Crippen molar-refractivity contribution in [3.63, 3.8) is 0 Å². The third kappa shape index (κ3) is 3.98. The quantitative estimate of drug-likeness (QED) is 0.832. The zero-order valence-corrected chi connectivity index (χ0v) is 17.5. The molecule has 1 saturated heterocycles. The summed E-state index contributed by atoms with van der Waals surface area (Å²) in [6.07, 6.45) is 7.57. The normalized spacial score (nSPS) is 24.6. The first-order valence-corrected chi connectivity index (χ1v) is 11.5. The van der Waals surface area contributed by atoms with Crippen molar-refractivity contribution in [3.05, 3.63) is 34.8 Å². The molecule has 2 aromatic rings. The monoisotopic (exact) mass is 412 g/mol. The van der Waals surface area contributed by atoms with Gasteiger partial charge in [0, 0.05) is 42.3 Å². The number of primary amides is 1. The topological polar surface area (TPSA) is 71.7 Å². The molecule has 2 aliphatic heterocycles. The predicted octanol–water partition coefficient (Wildman–Crippen LogP) is 3.64. The Hall–Kier alpha value is -2.12. The van der Waals surface area contributed by atoms with Crippen molar-refractivity contribution in [2.24, 2.45) is 5.73 Å². The first-order chi connectivity index (χ1) is 14.2. The number of piperidine rings is 1. The lowest BCUT2D eigenvalue weighted by Gasteiger charge is -2.44. The van der Waals surface area contributed by atoms with E-state index in [9.17, 15) is 4.79 Å². The molecule has 0 radical (unpaired) electrons. The number of nitrogens with zero attached hydrogens (tertiary/aromatic N) is 3. The molecule has 2 N–H and O–H groups in total. The number of likely N-dealkylation sites (tertiary alicyclic amines) is 1. The van der Waals surface area contributed by atoms with Gasteiger partial charge in [-0.15, -0.1) is 11.3 Å².